The van der Waals surface area contributed by atoms with Crippen molar-refractivity contribution in [2.24, 2.45) is 10.8 Å². The Hall–Kier alpha value is -0.980. The standard InChI is InChI=1S/C21H32O/c1-3-21(15-16-21)12-5-8-17-7-4-10-19(22)18(17)9-6-11-20(2)13-14-20/h4,7,10,22H,3,5-6,8-9,11-16H2,1-2H3. The molecule has 0 bridgehead atoms. The average Bonchev–Trinajstić information content (AvgIpc) is 3.41. The molecule has 3 rings (SSSR count). The van der Waals surface area contributed by atoms with E-state index in [9.17, 15) is 5.11 Å². The molecule has 0 heterocycles. The molecule has 0 amide bonds. The fourth-order valence-electron chi connectivity index (χ4n) is 3.91. The molecule has 1 nitrogen and oxygen atoms in total. The van der Waals surface area contributed by atoms with E-state index in [-0.39, 0.29) is 0 Å². The Bertz CT molecular complexity index is 509. The first-order valence-corrected chi connectivity index (χ1v) is 9.36. The number of phenols is 1. The van der Waals surface area contributed by atoms with Gasteiger partial charge in [0.25, 0.3) is 0 Å². The first kappa shape index (κ1) is 15.9. The summed E-state index contributed by atoms with van der Waals surface area (Å²) in [7, 11) is 0. The van der Waals surface area contributed by atoms with Crippen molar-refractivity contribution in [3.05, 3.63) is 29.3 Å². The van der Waals surface area contributed by atoms with Gasteiger partial charge in [-0.3, -0.25) is 0 Å². The van der Waals surface area contributed by atoms with Gasteiger partial charge in [0.05, 0.1) is 0 Å². The molecular weight excluding hydrogens is 268 g/mol. The molecule has 0 radical (unpaired) electrons. The summed E-state index contributed by atoms with van der Waals surface area (Å²) < 4.78 is 0. The van der Waals surface area contributed by atoms with Crippen molar-refractivity contribution in [3.8, 4) is 5.75 Å². The molecule has 0 aromatic heterocycles. The zero-order chi connectivity index (χ0) is 15.6. The van der Waals surface area contributed by atoms with Gasteiger partial charge in [0.2, 0.25) is 0 Å². The maximum absolute atomic E-state index is 10.3. The van der Waals surface area contributed by atoms with E-state index in [1.807, 2.05) is 12.1 Å². The quantitative estimate of drug-likeness (QED) is 0.590. The normalized spacial score (nSPS) is 20.8. The van der Waals surface area contributed by atoms with Crippen LogP contribution in [0.25, 0.3) is 0 Å². The number of rotatable bonds is 9. The van der Waals surface area contributed by atoms with Gasteiger partial charge in [0, 0.05) is 0 Å². The summed E-state index contributed by atoms with van der Waals surface area (Å²) in [5.74, 6) is 0.523. The second-order valence-corrected chi connectivity index (χ2v) is 8.29. The van der Waals surface area contributed by atoms with E-state index >= 15 is 0 Å². The Morgan fingerprint density at radius 1 is 1.00 bits per heavy atom. The van der Waals surface area contributed by atoms with Crippen LogP contribution in [0.5, 0.6) is 5.75 Å². The highest BCUT2D eigenvalue weighted by molar-refractivity contribution is 5.39. The third-order valence-electron chi connectivity index (χ3n) is 6.42. The van der Waals surface area contributed by atoms with E-state index in [4.69, 9.17) is 0 Å². The molecule has 1 N–H and O–H groups in total. The molecule has 122 valence electrons. The van der Waals surface area contributed by atoms with Gasteiger partial charge in [-0.25, -0.2) is 0 Å². The molecule has 0 atom stereocenters. The van der Waals surface area contributed by atoms with Crippen molar-refractivity contribution >= 4 is 0 Å². The number of hydrogen-bond donors (Lipinski definition) is 1. The molecule has 2 aliphatic carbocycles. The smallest absolute Gasteiger partial charge is 0.119 e. The second kappa shape index (κ2) is 6.26. The first-order chi connectivity index (χ1) is 10.6. The topological polar surface area (TPSA) is 20.2 Å². The fraction of sp³-hybridized carbons (Fsp3) is 0.714. The number of phenolic OH excluding ortho intramolecular Hbond substituents is 1. The fourth-order valence-corrected chi connectivity index (χ4v) is 3.91. The summed E-state index contributed by atoms with van der Waals surface area (Å²) in [4.78, 5) is 0. The van der Waals surface area contributed by atoms with Gasteiger partial charge in [0.15, 0.2) is 0 Å². The lowest BCUT2D eigenvalue weighted by atomic mass is 9.91. The van der Waals surface area contributed by atoms with E-state index < -0.39 is 0 Å². The molecule has 1 heteroatoms. The van der Waals surface area contributed by atoms with E-state index in [0.717, 1.165) is 12.8 Å². The highest BCUT2D eigenvalue weighted by Crippen LogP contribution is 2.52. The van der Waals surface area contributed by atoms with E-state index in [1.165, 1.54) is 68.9 Å². The van der Waals surface area contributed by atoms with Crippen LogP contribution >= 0.6 is 0 Å². The molecular formula is C21H32O. The Morgan fingerprint density at radius 3 is 2.36 bits per heavy atom. The molecule has 2 saturated carbocycles. The Kier molecular flexibility index (Phi) is 4.52. The molecule has 1 aromatic rings. The van der Waals surface area contributed by atoms with Crippen LogP contribution in [0.3, 0.4) is 0 Å². The van der Waals surface area contributed by atoms with Gasteiger partial charge in [-0.1, -0.05) is 32.4 Å². The Balaban J connectivity index is 1.54. The van der Waals surface area contributed by atoms with Crippen molar-refractivity contribution in [2.45, 2.75) is 84.5 Å². The van der Waals surface area contributed by atoms with E-state index in [1.54, 1.807) is 0 Å². The third kappa shape index (κ3) is 3.86. The molecule has 0 saturated heterocycles. The van der Waals surface area contributed by atoms with Crippen molar-refractivity contribution in [1.29, 1.82) is 0 Å². The van der Waals surface area contributed by atoms with E-state index in [0.29, 0.717) is 16.6 Å². The monoisotopic (exact) mass is 300 g/mol. The molecule has 0 unspecified atom stereocenters. The molecule has 0 aliphatic heterocycles. The SMILES string of the molecule is CCC1(CCCc2cccc(O)c2CCCC2(C)CC2)CC1. The van der Waals surface area contributed by atoms with Crippen LogP contribution < -0.4 is 0 Å². The maximum Gasteiger partial charge on any atom is 0.119 e. The average molecular weight is 300 g/mol. The van der Waals surface area contributed by atoms with Crippen LogP contribution in [0.2, 0.25) is 0 Å². The van der Waals surface area contributed by atoms with E-state index in [2.05, 4.69) is 19.9 Å². The van der Waals surface area contributed by atoms with Gasteiger partial charge in [0.1, 0.15) is 5.75 Å². The molecule has 2 fully saturated rings. The van der Waals surface area contributed by atoms with Crippen LogP contribution in [0.1, 0.15) is 82.8 Å². The van der Waals surface area contributed by atoms with Crippen molar-refractivity contribution in [1.82, 2.24) is 0 Å². The van der Waals surface area contributed by atoms with Crippen LogP contribution in [-0.2, 0) is 12.8 Å². The third-order valence-corrected chi connectivity index (χ3v) is 6.42. The molecule has 22 heavy (non-hydrogen) atoms. The second-order valence-electron chi connectivity index (χ2n) is 8.29. The Morgan fingerprint density at radius 2 is 1.73 bits per heavy atom. The number of benzene rings is 1. The van der Waals surface area contributed by atoms with Crippen molar-refractivity contribution < 1.29 is 5.11 Å². The van der Waals surface area contributed by atoms with Crippen LogP contribution in [0.4, 0.5) is 0 Å². The van der Waals surface area contributed by atoms with Gasteiger partial charge >= 0.3 is 0 Å². The first-order valence-electron chi connectivity index (χ1n) is 9.36. The van der Waals surface area contributed by atoms with Crippen LogP contribution in [0.15, 0.2) is 18.2 Å². The largest absolute Gasteiger partial charge is 0.508 e. The lowest BCUT2D eigenvalue weighted by Crippen LogP contribution is -2.02. The lowest BCUT2D eigenvalue weighted by molar-refractivity contribution is 0.431. The van der Waals surface area contributed by atoms with Gasteiger partial charge < -0.3 is 5.11 Å². The number of hydrogen-bond acceptors (Lipinski definition) is 1. The lowest BCUT2D eigenvalue weighted by Gasteiger charge is -2.15. The van der Waals surface area contributed by atoms with Gasteiger partial charge in [-0.2, -0.15) is 0 Å². The summed E-state index contributed by atoms with van der Waals surface area (Å²) >= 11 is 0. The molecule has 0 spiro atoms. The predicted octanol–water partition coefficient (Wildman–Crippen LogP) is 6.03. The minimum Gasteiger partial charge on any atom is -0.508 e. The zero-order valence-electron chi connectivity index (χ0n) is 14.5. The highest BCUT2D eigenvalue weighted by Gasteiger charge is 2.39. The number of aryl methyl sites for hydroxylation is 1. The minimum atomic E-state index is 0.523. The van der Waals surface area contributed by atoms with Crippen LogP contribution in [0, 0.1) is 10.8 Å². The van der Waals surface area contributed by atoms with Crippen LogP contribution in [-0.4, -0.2) is 5.11 Å². The summed E-state index contributed by atoms with van der Waals surface area (Å²) in [6, 6.07) is 6.12. The molecule has 1 aromatic carbocycles. The summed E-state index contributed by atoms with van der Waals surface area (Å²) in [5.41, 5.74) is 3.95. The summed E-state index contributed by atoms with van der Waals surface area (Å²) in [6.07, 6.45) is 14.4. The number of aromatic hydroxyl groups is 1. The highest BCUT2D eigenvalue weighted by atomic mass is 16.3. The van der Waals surface area contributed by atoms with Gasteiger partial charge in [-0.05, 0) is 92.2 Å². The molecule has 2 aliphatic rings. The summed E-state index contributed by atoms with van der Waals surface area (Å²) in [5, 5.41) is 10.3. The van der Waals surface area contributed by atoms with Crippen molar-refractivity contribution in [3.63, 3.8) is 0 Å². The predicted molar refractivity (Wildman–Crippen MR) is 93.3 cm³/mol. The summed E-state index contributed by atoms with van der Waals surface area (Å²) in [6.45, 7) is 4.74. The minimum absolute atomic E-state index is 0.523. The zero-order valence-corrected chi connectivity index (χ0v) is 14.5. The van der Waals surface area contributed by atoms with Gasteiger partial charge in [-0.15, -0.1) is 0 Å². The maximum atomic E-state index is 10.3. The van der Waals surface area contributed by atoms with Crippen molar-refractivity contribution in [2.75, 3.05) is 0 Å². The Labute approximate surface area is 136 Å².